The van der Waals surface area contributed by atoms with Gasteiger partial charge in [-0.15, -0.1) is 0 Å². The monoisotopic (exact) mass is 311 g/mol. The molecule has 1 atom stereocenters. The number of hydrogen-bond donors (Lipinski definition) is 2. The second-order valence-corrected chi connectivity index (χ2v) is 5.53. The molecule has 23 heavy (non-hydrogen) atoms. The third-order valence-corrected chi connectivity index (χ3v) is 3.73. The van der Waals surface area contributed by atoms with Crippen LogP contribution in [-0.4, -0.2) is 29.9 Å². The molecule has 7 nitrogen and oxygen atoms in total. The van der Waals surface area contributed by atoms with Gasteiger partial charge in [-0.2, -0.15) is 15.6 Å². The molecule has 1 aliphatic heterocycles. The van der Waals surface area contributed by atoms with Crippen LogP contribution >= 0.6 is 0 Å². The average Bonchev–Trinajstić information content (AvgIpc) is 2.55. The SMILES string of the molecule is CC1CCCN(c2ccc(NN=C(C#N)C#N)cc2C(=O)O)C1. The number of nitrogens with zero attached hydrogens (tertiary/aromatic N) is 4. The van der Waals surface area contributed by atoms with Crippen LogP contribution in [0.25, 0.3) is 0 Å². The maximum absolute atomic E-state index is 11.6. The summed E-state index contributed by atoms with van der Waals surface area (Å²) in [6.45, 7) is 3.82. The molecular formula is C16H17N5O2. The molecule has 1 aromatic carbocycles. The summed E-state index contributed by atoms with van der Waals surface area (Å²) in [6.07, 6.45) is 2.19. The molecule has 0 spiro atoms. The van der Waals surface area contributed by atoms with E-state index in [1.807, 2.05) is 0 Å². The van der Waals surface area contributed by atoms with E-state index in [-0.39, 0.29) is 11.3 Å². The fraction of sp³-hybridized carbons (Fsp3) is 0.375. The largest absolute Gasteiger partial charge is 0.478 e. The molecule has 1 heterocycles. The number of carboxylic acids is 1. The Kier molecular flexibility index (Phi) is 5.16. The topological polar surface area (TPSA) is 113 Å². The quantitative estimate of drug-likeness (QED) is 0.652. The van der Waals surface area contributed by atoms with Gasteiger partial charge in [0.05, 0.1) is 16.9 Å². The zero-order valence-corrected chi connectivity index (χ0v) is 12.8. The maximum atomic E-state index is 11.6. The molecule has 0 radical (unpaired) electrons. The van der Waals surface area contributed by atoms with E-state index < -0.39 is 5.97 Å². The molecule has 1 aromatic rings. The van der Waals surface area contributed by atoms with E-state index in [0.29, 0.717) is 17.3 Å². The van der Waals surface area contributed by atoms with Crippen LogP contribution in [0, 0.1) is 28.6 Å². The van der Waals surface area contributed by atoms with Crippen molar-refractivity contribution in [1.82, 2.24) is 0 Å². The van der Waals surface area contributed by atoms with E-state index in [1.165, 1.54) is 6.07 Å². The summed E-state index contributed by atoms with van der Waals surface area (Å²) in [6, 6.07) is 8.15. The summed E-state index contributed by atoms with van der Waals surface area (Å²) in [7, 11) is 0. The van der Waals surface area contributed by atoms with Gasteiger partial charge in [-0.3, -0.25) is 5.43 Å². The third-order valence-electron chi connectivity index (χ3n) is 3.73. The van der Waals surface area contributed by atoms with E-state index >= 15 is 0 Å². The smallest absolute Gasteiger partial charge is 0.337 e. The number of anilines is 2. The Morgan fingerprint density at radius 2 is 2.17 bits per heavy atom. The molecule has 118 valence electrons. The van der Waals surface area contributed by atoms with Gasteiger partial charge in [0.2, 0.25) is 5.71 Å². The van der Waals surface area contributed by atoms with Gasteiger partial charge < -0.3 is 10.0 Å². The molecule has 2 N–H and O–H groups in total. The minimum atomic E-state index is -1.02. The lowest BCUT2D eigenvalue weighted by atomic mass is 9.98. The first-order valence-electron chi connectivity index (χ1n) is 7.31. The van der Waals surface area contributed by atoms with Crippen LogP contribution in [0.4, 0.5) is 11.4 Å². The Morgan fingerprint density at radius 1 is 1.43 bits per heavy atom. The zero-order valence-electron chi connectivity index (χ0n) is 12.8. The van der Waals surface area contributed by atoms with Crippen molar-refractivity contribution in [3.05, 3.63) is 23.8 Å². The van der Waals surface area contributed by atoms with Crippen LogP contribution in [0.1, 0.15) is 30.1 Å². The molecule has 1 unspecified atom stereocenters. The van der Waals surface area contributed by atoms with Gasteiger partial charge >= 0.3 is 5.97 Å². The lowest BCUT2D eigenvalue weighted by Crippen LogP contribution is -2.35. The average molecular weight is 311 g/mol. The van der Waals surface area contributed by atoms with E-state index in [4.69, 9.17) is 10.5 Å². The first kappa shape index (κ1) is 16.3. The van der Waals surface area contributed by atoms with Crippen LogP contribution in [0.15, 0.2) is 23.3 Å². The summed E-state index contributed by atoms with van der Waals surface area (Å²) >= 11 is 0. The number of piperidine rings is 1. The second kappa shape index (κ2) is 7.28. The first-order chi connectivity index (χ1) is 11.0. The lowest BCUT2D eigenvalue weighted by Gasteiger charge is -2.33. The molecule has 1 aliphatic rings. The van der Waals surface area contributed by atoms with Crippen LogP contribution in [0.5, 0.6) is 0 Å². The summed E-state index contributed by atoms with van der Waals surface area (Å²) in [5.74, 6) is -0.492. The number of nitriles is 2. The number of benzene rings is 1. The highest BCUT2D eigenvalue weighted by Gasteiger charge is 2.21. The van der Waals surface area contributed by atoms with Crippen molar-refractivity contribution in [3.8, 4) is 12.1 Å². The van der Waals surface area contributed by atoms with Crippen molar-refractivity contribution in [2.75, 3.05) is 23.4 Å². The Labute approximate surface area is 134 Å². The summed E-state index contributed by atoms with van der Waals surface area (Å²) in [5, 5.41) is 30.4. The minimum absolute atomic E-state index is 0.176. The van der Waals surface area contributed by atoms with E-state index in [9.17, 15) is 9.90 Å². The van der Waals surface area contributed by atoms with Crippen LogP contribution in [0.2, 0.25) is 0 Å². The first-order valence-corrected chi connectivity index (χ1v) is 7.31. The molecule has 1 fully saturated rings. The van der Waals surface area contributed by atoms with E-state index in [0.717, 1.165) is 25.9 Å². The highest BCUT2D eigenvalue weighted by atomic mass is 16.4. The van der Waals surface area contributed by atoms with Gasteiger partial charge in [-0.25, -0.2) is 4.79 Å². The number of rotatable bonds is 4. The summed E-state index contributed by atoms with van der Waals surface area (Å²) in [4.78, 5) is 13.6. The fourth-order valence-corrected chi connectivity index (χ4v) is 2.66. The van der Waals surface area contributed by atoms with Crippen LogP contribution in [0.3, 0.4) is 0 Å². The zero-order chi connectivity index (χ0) is 16.8. The number of carboxylic acid groups (broad SMARTS) is 1. The van der Waals surface area contributed by atoms with Gasteiger partial charge in [0, 0.05) is 13.1 Å². The van der Waals surface area contributed by atoms with Gasteiger partial charge in [0.25, 0.3) is 0 Å². The Bertz CT molecular complexity index is 698. The molecule has 0 saturated carbocycles. The molecule has 0 bridgehead atoms. The molecule has 0 aromatic heterocycles. The summed E-state index contributed by atoms with van der Waals surface area (Å²) < 4.78 is 0. The van der Waals surface area contributed by atoms with Gasteiger partial charge in [-0.1, -0.05) is 6.92 Å². The van der Waals surface area contributed by atoms with E-state index in [2.05, 4.69) is 22.4 Å². The highest BCUT2D eigenvalue weighted by molar-refractivity contribution is 6.10. The van der Waals surface area contributed by atoms with Gasteiger partial charge in [0.15, 0.2) is 0 Å². The van der Waals surface area contributed by atoms with Gasteiger partial charge in [0.1, 0.15) is 12.1 Å². The molecule has 7 heteroatoms. The number of carbonyl (C=O) groups is 1. The van der Waals surface area contributed by atoms with Crippen molar-refractivity contribution in [1.29, 1.82) is 10.5 Å². The van der Waals surface area contributed by atoms with Crippen molar-refractivity contribution in [2.45, 2.75) is 19.8 Å². The molecular weight excluding hydrogens is 294 g/mol. The van der Waals surface area contributed by atoms with Crippen molar-refractivity contribution in [2.24, 2.45) is 11.0 Å². The number of aromatic carboxylic acids is 1. The molecule has 2 rings (SSSR count). The fourth-order valence-electron chi connectivity index (χ4n) is 2.66. The van der Waals surface area contributed by atoms with Crippen molar-refractivity contribution < 1.29 is 9.90 Å². The number of hydrazone groups is 1. The van der Waals surface area contributed by atoms with Crippen LogP contribution < -0.4 is 10.3 Å². The number of hydrogen-bond acceptors (Lipinski definition) is 6. The third kappa shape index (κ3) is 3.98. The van der Waals surface area contributed by atoms with Crippen molar-refractivity contribution in [3.63, 3.8) is 0 Å². The van der Waals surface area contributed by atoms with Crippen LogP contribution in [-0.2, 0) is 0 Å². The highest BCUT2D eigenvalue weighted by Crippen LogP contribution is 2.28. The van der Waals surface area contributed by atoms with Crippen molar-refractivity contribution >= 4 is 23.1 Å². The maximum Gasteiger partial charge on any atom is 0.337 e. The Hall–Kier alpha value is -3.06. The normalized spacial score (nSPS) is 16.8. The predicted molar refractivity (Wildman–Crippen MR) is 86.3 cm³/mol. The second-order valence-electron chi connectivity index (χ2n) is 5.53. The van der Waals surface area contributed by atoms with E-state index in [1.54, 1.807) is 24.3 Å². The molecule has 1 saturated heterocycles. The lowest BCUT2D eigenvalue weighted by molar-refractivity contribution is 0.0697. The standard InChI is InChI=1S/C16H17N5O2/c1-11-3-2-6-21(10-11)15-5-4-12(7-14(15)16(22)23)19-20-13(8-17)9-18/h4-5,7,11,19H,2-3,6,10H2,1H3,(H,22,23). The Morgan fingerprint density at radius 3 is 2.78 bits per heavy atom. The molecule has 0 aliphatic carbocycles. The number of nitrogens with one attached hydrogen (secondary N) is 1. The van der Waals surface area contributed by atoms with Gasteiger partial charge in [-0.05, 0) is 37.0 Å². The predicted octanol–water partition coefficient (Wildman–Crippen LogP) is 2.44. The molecule has 0 amide bonds. The minimum Gasteiger partial charge on any atom is -0.478 e. The summed E-state index contributed by atoms with van der Waals surface area (Å²) in [5.41, 5.74) is 3.49. The Balaban J connectivity index is 2.29.